The highest BCUT2D eigenvalue weighted by Crippen LogP contribution is 2.38. The molecule has 0 spiro atoms. The molecule has 4 nitrogen and oxygen atoms in total. The molecule has 3 aromatic rings. The lowest BCUT2D eigenvalue weighted by Crippen LogP contribution is -2.32. The van der Waals surface area contributed by atoms with Gasteiger partial charge in [-0.25, -0.2) is 4.90 Å². The molecule has 168 valence electrons. The first-order valence-corrected chi connectivity index (χ1v) is 11.9. The second-order valence-electron chi connectivity index (χ2n) is 8.45. The molecule has 0 fully saturated rings. The predicted octanol–water partition coefficient (Wildman–Crippen LogP) is 7.07. The molecule has 33 heavy (non-hydrogen) atoms. The number of amides is 2. The van der Waals surface area contributed by atoms with Crippen molar-refractivity contribution in [1.82, 2.24) is 0 Å². The maximum Gasteiger partial charge on any atom is 0.283 e. The van der Waals surface area contributed by atoms with Crippen molar-refractivity contribution in [3.8, 4) is 0 Å². The number of carbonyl (C=O) groups excluding carboxylic acids is 2. The maximum absolute atomic E-state index is 13.5. The number of halogens is 1. The first-order valence-electron chi connectivity index (χ1n) is 10.7. The van der Waals surface area contributed by atoms with Gasteiger partial charge in [0.2, 0.25) is 0 Å². The topological polar surface area (TPSA) is 49.4 Å². The number of rotatable bonds is 6. The van der Waals surface area contributed by atoms with Crippen LogP contribution in [0.2, 0.25) is 5.02 Å². The molecule has 1 N–H and O–H groups in total. The van der Waals surface area contributed by atoms with Crippen molar-refractivity contribution in [2.24, 2.45) is 0 Å². The van der Waals surface area contributed by atoms with Crippen LogP contribution >= 0.6 is 23.4 Å². The molecule has 4 rings (SSSR count). The summed E-state index contributed by atoms with van der Waals surface area (Å²) < 4.78 is 0. The summed E-state index contributed by atoms with van der Waals surface area (Å²) >= 11 is 7.28. The molecule has 2 amide bonds. The van der Waals surface area contributed by atoms with Gasteiger partial charge in [0.05, 0.1) is 5.69 Å². The van der Waals surface area contributed by atoms with E-state index in [0.29, 0.717) is 21.5 Å². The second-order valence-corrected chi connectivity index (χ2v) is 9.97. The molecule has 0 radical (unpaired) electrons. The van der Waals surface area contributed by atoms with Gasteiger partial charge in [0.25, 0.3) is 11.8 Å². The van der Waals surface area contributed by atoms with Crippen molar-refractivity contribution in [2.45, 2.75) is 38.5 Å². The van der Waals surface area contributed by atoms with E-state index in [2.05, 4.69) is 25.2 Å². The fourth-order valence-corrected chi connectivity index (χ4v) is 4.82. The van der Waals surface area contributed by atoms with Gasteiger partial charge >= 0.3 is 0 Å². The van der Waals surface area contributed by atoms with E-state index in [9.17, 15) is 9.59 Å². The summed E-state index contributed by atoms with van der Waals surface area (Å²) in [7, 11) is 0. The molecule has 0 unspecified atom stereocenters. The lowest BCUT2D eigenvalue weighted by Gasteiger charge is -2.16. The standard InChI is InChI=1S/C27H25ClN2O2S/c1-16(2)19-5-9-22(10-6-19)30-26(31)24(29-21-14-17(3)13-18(4)15-21)25(27(30)32)33-23-11-7-20(28)8-12-23/h5-16,29H,1-4H3. The van der Waals surface area contributed by atoms with Crippen molar-refractivity contribution in [3.05, 3.63) is 99.0 Å². The second kappa shape index (κ2) is 9.46. The van der Waals surface area contributed by atoms with Crippen LogP contribution in [-0.4, -0.2) is 11.8 Å². The molecular weight excluding hydrogens is 452 g/mol. The number of hydrogen-bond acceptors (Lipinski definition) is 4. The van der Waals surface area contributed by atoms with E-state index in [-0.39, 0.29) is 17.5 Å². The summed E-state index contributed by atoms with van der Waals surface area (Å²) in [5.74, 6) is -0.350. The number of hydrogen-bond donors (Lipinski definition) is 1. The zero-order valence-corrected chi connectivity index (χ0v) is 20.6. The average Bonchev–Trinajstić information content (AvgIpc) is 2.98. The molecule has 1 heterocycles. The third-order valence-corrected chi connectivity index (χ3v) is 6.73. The van der Waals surface area contributed by atoms with Crippen molar-refractivity contribution in [2.75, 3.05) is 10.2 Å². The molecular formula is C27H25ClN2O2S. The largest absolute Gasteiger partial charge is 0.350 e. The van der Waals surface area contributed by atoms with Gasteiger partial charge in [-0.3, -0.25) is 9.59 Å². The first-order chi connectivity index (χ1) is 15.7. The Morgan fingerprint density at radius 3 is 2.03 bits per heavy atom. The molecule has 0 saturated heterocycles. The molecule has 0 saturated carbocycles. The summed E-state index contributed by atoms with van der Waals surface area (Å²) in [4.78, 5) is 29.4. The highest BCUT2D eigenvalue weighted by atomic mass is 35.5. The van der Waals surface area contributed by atoms with E-state index >= 15 is 0 Å². The number of benzene rings is 3. The number of carbonyl (C=O) groups is 2. The third-order valence-electron chi connectivity index (χ3n) is 5.38. The lowest BCUT2D eigenvalue weighted by atomic mass is 10.0. The van der Waals surface area contributed by atoms with Gasteiger partial charge in [-0.15, -0.1) is 0 Å². The van der Waals surface area contributed by atoms with Crippen LogP contribution in [0.25, 0.3) is 0 Å². The number of thioether (sulfide) groups is 1. The Labute approximate surface area is 203 Å². The number of imide groups is 1. The number of nitrogens with one attached hydrogen (secondary N) is 1. The Morgan fingerprint density at radius 2 is 1.45 bits per heavy atom. The number of aryl methyl sites for hydroxylation is 2. The number of nitrogens with zero attached hydrogens (tertiary/aromatic N) is 1. The monoisotopic (exact) mass is 476 g/mol. The van der Waals surface area contributed by atoms with Crippen LogP contribution in [0.4, 0.5) is 11.4 Å². The van der Waals surface area contributed by atoms with Crippen LogP contribution in [0.15, 0.2) is 82.2 Å². The van der Waals surface area contributed by atoms with Crippen LogP contribution in [0.3, 0.4) is 0 Å². The van der Waals surface area contributed by atoms with Crippen molar-refractivity contribution in [3.63, 3.8) is 0 Å². The SMILES string of the molecule is Cc1cc(C)cc(NC2=C(Sc3ccc(Cl)cc3)C(=O)N(c3ccc(C(C)C)cc3)C2=O)c1. The van der Waals surface area contributed by atoms with Gasteiger partial charge in [0, 0.05) is 15.6 Å². The zero-order chi connectivity index (χ0) is 23.7. The fraction of sp³-hybridized carbons (Fsp3) is 0.185. The Balaban J connectivity index is 1.73. The maximum atomic E-state index is 13.5. The third kappa shape index (κ3) is 5.00. The van der Waals surface area contributed by atoms with E-state index < -0.39 is 0 Å². The highest BCUT2D eigenvalue weighted by molar-refractivity contribution is 8.04. The smallest absolute Gasteiger partial charge is 0.283 e. The predicted molar refractivity (Wildman–Crippen MR) is 137 cm³/mol. The van der Waals surface area contributed by atoms with Crippen molar-refractivity contribution >= 4 is 46.6 Å². The summed E-state index contributed by atoms with van der Waals surface area (Å²) in [5, 5.41) is 3.85. The molecule has 0 bridgehead atoms. The van der Waals surface area contributed by atoms with E-state index in [1.54, 1.807) is 12.1 Å². The van der Waals surface area contributed by atoms with Gasteiger partial charge in [0.1, 0.15) is 10.6 Å². The molecule has 0 aliphatic carbocycles. The Morgan fingerprint density at radius 1 is 0.848 bits per heavy atom. The van der Waals surface area contributed by atoms with E-state index in [4.69, 9.17) is 11.6 Å². The van der Waals surface area contributed by atoms with Crippen LogP contribution in [0.5, 0.6) is 0 Å². The Bertz CT molecular complexity index is 1230. The molecule has 3 aromatic carbocycles. The first kappa shape index (κ1) is 23.1. The Kier molecular flexibility index (Phi) is 6.63. The molecule has 1 aliphatic heterocycles. The summed E-state index contributed by atoms with van der Waals surface area (Å²) in [5.41, 5.74) is 4.90. The minimum Gasteiger partial charge on any atom is -0.350 e. The van der Waals surface area contributed by atoms with Gasteiger partial charge in [-0.05, 0) is 85.0 Å². The van der Waals surface area contributed by atoms with Crippen LogP contribution in [-0.2, 0) is 9.59 Å². The van der Waals surface area contributed by atoms with Crippen molar-refractivity contribution in [1.29, 1.82) is 0 Å². The zero-order valence-electron chi connectivity index (χ0n) is 19.0. The van der Waals surface area contributed by atoms with Gasteiger partial charge < -0.3 is 5.32 Å². The van der Waals surface area contributed by atoms with Gasteiger partial charge in [-0.1, -0.05) is 55.4 Å². The van der Waals surface area contributed by atoms with Gasteiger partial charge in [-0.2, -0.15) is 0 Å². The molecule has 1 aliphatic rings. The molecule has 0 atom stereocenters. The lowest BCUT2D eigenvalue weighted by molar-refractivity contribution is -0.120. The van der Waals surface area contributed by atoms with Crippen LogP contribution in [0, 0.1) is 13.8 Å². The molecule has 6 heteroatoms. The fourth-order valence-electron chi connectivity index (χ4n) is 3.77. The number of anilines is 2. The minimum atomic E-state index is -0.368. The minimum absolute atomic E-state index is 0.276. The highest BCUT2D eigenvalue weighted by Gasteiger charge is 2.40. The van der Waals surface area contributed by atoms with Gasteiger partial charge in [0.15, 0.2) is 0 Å². The van der Waals surface area contributed by atoms with Crippen LogP contribution < -0.4 is 10.2 Å². The van der Waals surface area contributed by atoms with E-state index in [0.717, 1.165) is 27.3 Å². The van der Waals surface area contributed by atoms with Crippen LogP contribution in [0.1, 0.15) is 36.5 Å². The average molecular weight is 477 g/mol. The normalized spacial score (nSPS) is 13.9. The summed E-state index contributed by atoms with van der Waals surface area (Å²) in [6, 6.07) is 20.8. The van der Waals surface area contributed by atoms with E-state index in [1.165, 1.54) is 16.7 Å². The summed E-state index contributed by atoms with van der Waals surface area (Å²) in [6.45, 7) is 8.21. The van der Waals surface area contributed by atoms with Crippen molar-refractivity contribution < 1.29 is 9.59 Å². The van der Waals surface area contributed by atoms with E-state index in [1.807, 2.05) is 62.4 Å². The Hall–Kier alpha value is -3.02. The summed E-state index contributed by atoms with van der Waals surface area (Å²) in [6.07, 6.45) is 0. The quantitative estimate of drug-likeness (QED) is 0.386. The molecule has 0 aromatic heterocycles.